The third kappa shape index (κ3) is 0.784. The van der Waals surface area contributed by atoms with Crippen LogP contribution >= 0.6 is 0 Å². The van der Waals surface area contributed by atoms with E-state index in [9.17, 15) is 4.39 Å². The van der Waals surface area contributed by atoms with Gasteiger partial charge in [-0.3, -0.25) is 0 Å². The molecule has 1 aliphatic carbocycles. The van der Waals surface area contributed by atoms with Crippen molar-refractivity contribution in [3.8, 4) is 0 Å². The van der Waals surface area contributed by atoms with Gasteiger partial charge < -0.3 is 5.41 Å². The molecule has 0 aliphatic heterocycles. The van der Waals surface area contributed by atoms with E-state index in [2.05, 4.69) is 6.58 Å². The van der Waals surface area contributed by atoms with Crippen LogP contribution in [-0.4, -0.2) is 11.4 Å². The molecule has 2 unspecified atom stereocenters. The Morgan fingerprint density at radius 1 is 2.00 bits per heavy atom. The SMILES string of the molecule is C=CC1CC1(F)C(C)=N. The Hall–Kier alpha value is -0.660. The summed E-state index contributed by atoms with van der Waals surface area (Å²) in [6.07, 6.45) is 2.05. The van der Waals surface area contributed by atoms with Gasteiger partial charge in [-0.15, -0.1) is 6.58 Å². The standard InChI is InChI=1S/C7H10FN/c1-3-6-4-7(6,8)5(2)9/h3,6,9H,1,4H2,2H3. The fourth-order valence-corrected chi connectivity index (χ4v) is 0.962. The lowest BCUT2D eigenvalue weighted by molar-refractivity contribution is 0.386. The van der Waals surface area contributed by atoms with Crippen molar-refractivity contribution < 1.29 is 4.39 Å². The minimum atomic E-state index is -1.32. The van der Waals surface area contributed by atoms with Gasteiger partial charge in [0.1, 0.15) is 0 Å². The first-order chi connectivity index (χ1) is 4.11. The summed E-state index contributed by atoms with van der Waals surface area (Å²) in [5, 5.41) is 7.02. The zero-order valence-corrected chi connectivity index (χ0v) is 5.45. The lowest BCUT2D eigenvalue weighted by Gasteiger charge is -2.00. The van der Waals surface area contributed by atoms with Crippen molar-refractivity contribution in [1.29, 1.82) is 5.41 Å². The summed E-state index contributed by atoms with van der Waals surface area (Å²) in [6.45, 7) is 4.97. The molecule has 1 N–H and O–H groups in total. The number of hydrogen-bond acceptors (Lipinski definition) is 1. The Bertz CT molecular complexity index is 164. The van der Waals surface area contributed by atoms with Crippen molar-refractivity contribution in [2.75, 3.05) is 0 Å². The molecule has 0 heterocycles. The summed E-state index contributed by atoms with van der Waals surface area (Å²) in [5.74, 6) is -0.0880. The highest BCUT2D eigenvalue weighted by molar-refractivity contribution is 5.91. The van der Waals surface area contributed by atoms with Gasteiger partial charge in [0.05, 0.1) is 0 Å². The first-order valence-electron chi connectivity index (χ1n) is 2.98. The van der Waals surface area contributed by atoms with Gasteiger partial charge >= 0.3 is 0 Å². The van der Waals surface area contributed by atoms with Crippen molar-refractivity contribution in [3.05, 3.63) is 12.7 Å². The van der Waals surface area contributed by atoms with Crippen molar-refractivity contribution >= 4 is 5.71 Å². The quantitative estimate of drug-likeness (QED) is 0.433. The summed E-state index contributed by atoms with van der Waals surface area (Å²) >= 11 is 0. The molecular weight excluding hydrogens is 117 g/mol. The molecule has 1 nitrogen and oxygen atoms in total. The van der Waals surface area contributed by atoms with E-state index in [1.807, 2.05) is 0 Å². The van der Waals surface area contributed by atoms with Crippen LogP contribution in [0, 0.1) is 11.3 Å². The predicted molar refractivity (Wildman–Crippen MR) is 35.5 cm³/mol. The molecule has 9 heavy (non-hydrogen) atoms. The van der Waals surface area contributed by atoms with E-state index in [-0.39, 0.29) is 11.6 Å². The second-order valence-electron chi connectivity index (χ2n) is 2.53. The summed E-state index contributed by atoms with van der Waals surface area (Å²) in [5.41, 5.74) is -1.19. The Labute approximate surface area is 54.1 Å². The summed E-state index contributed by atoms with van der Waals surface area (Å²) in [6, 6.07) is 0. The summed E-state index contributed by atoms with van der Waals surface area (Å²) in [4.78, 5) is 0. The Morgan fingerprint density at radius 2 is 2.56 bits per heavy atom. The monoisotopic (exact) mass is 127 g/mol. The highest BCUT2D eigenvalue weighted by Crippen LogP contribution is 2.48. The lowest BCUT2D eigenvalue weighted by Crippen LogP contribution is -2.13. The van der Waals surface area contributed by atoms with Crippen molar-refractivity contribution in [3.63, 3.8) is 0 Å². The van der Waals surface area contributed by atoms with Crippen LogP contribution in [0.3, 0.4) is 0 Å². The molecule has 1 rings (SSSR count). The van der Waals surface area contributed by atoms with Gasteiger partial charge in [-0.2, -0.15) is 0 Å². The second kappa shape index (κ2) is 1.66. The van der Waals surface area contributed by atoms with Crippen LogP contribution in [0.2, 0.25) is 0 Å². The van der Waals surface area contributed by atoms with Gasteiger partial charge in [0.15, 0.2) is 5.67 Å². The molecule has 1 fully saturated rings. The minimum absolute atomic E-state index is 0.0880. The number of hydrogen-bond donors (Lipinski definition) is 1. The van der Waals surface area contributed by atoms with Crippen LogP contribution in [-0.2, 0) is 0 Å². The van der Waals surface area contributed by atoms with E-state index in [1.165, 1.54) is 6.92 Å². The van der Waals surface area contributed by atoms with Crippen LogP contribution in [0.25, 0.3) is 0 Å². The van der Waals surface area contributed by atoms with Crippen molar-refractivity contribution in [2.24, 2.45) is 5.92 Å². The predicted octanol–water partition coefficient (Wildman–Crippen LogP) is 1.94. The first-order valence-corrected chi connectivity index (χ1v) is 2.98. The molecule has 0 aromatic rings. The maximum atomic E-state index is 13.0. The maximum Gasteiger partial charge on any atom is 0.154 e. The van der Waals surface area contributed by atoms with Gasteiger partial charge in [0.25, 0.3) is 0 Å². The number of rotatable bonds is 2. The number of alkyl halides is 1. The van der Waals surface area contributed by atoms with Gasteiger partial charge in [-0.1, -0.05) is 6.08 Å². The third-order valence-corrected chi connectivity index (χ3v) is 1.85. The van der Waals surface area contributed by atoms with E-state index in [1.54, 1.807) is 6.08 Å². The van der Waals surface area contributed by atoms with Crippen LogP contribution in [0.15, 0.2) is 12.7 Å². The van der Waals surface area contributed by atoms with Crippen molar-refractivity contribution in [2.45, 2.75) is 19.0 Å². The molecule has 0 amide bonds. The molecule has 0 spiro atoms. The van der Waals surface area contributed by atoms with Gasteiger partial charge in [-0.25, -0.2) is 4.39 Å². The molecule has 0 radical (unpaired) electrons. The average molecular weight is 127 g/mol. The van der Waals surface area contributed by atoms with Crippen LogP contribution in [0.5, 0.6) is 0 Å². The smallest absolute Gasteiger partial charge is 0.154 e. The molecule has 0 saturated heterocycles. The molecule has 0 aromatic carbocycles. The highest BCUT2D eigenvalue weighted by atomic mass is 19.1. The molecule has 2 heteroatoms. The minimum Gasteiger partial charge on any atom is -0.307 e. The average Bonchev–Trinajstić information content (AvgIpc) is 2.44. The number of halogens is 1. The molecule has 0 bridgehead atoms. The normalized spacial score (nSPS) is 40.0. The van der Waals surface area contributed by atoms with E-state index >= 15 is 0 Å². The molecule has 2 atom stereocenters. The van der Waals surface area contributed by atoms with Crippen molar-refractivity contribution in [1.82, 2.24) is 0 Å². The first kappa shape index (κ1) is 6.46. The fraction of sp³-hybridized carbons (Fsp3) is 0.571. The Balaban J connectivity index is 2.62. The van der Waals surface area contributed by atoms with E-state index in [0.717, 1.165) is 0 Å². The van der Waals surface area contributed by atoms with E-state index in [0.29, 0.717) is 6.42 Å². The molecule has 0 aromatic heterocycles. The summed E-state index contributed by atoms with van der Waals surface area (Å²) < 4.78 is 13.0. The van der Waals surface area contributed by atoms with Gasteiger partial charge in [0.2, 0.25) is 0 Å². The fourth-order valence-electron chi connectivity index (χ4n) is 0.962. The van der Waals surface area contributed by atoms with E-state index < -0.39 is 5.67 Å². The molecule has 1 saturated carbocycles. The highest BCUT2D eigenvalue weighted by Gasteiger charge is 2.55. The third-order valence-electron chi connectivity index (χ3n) is 1.85. The largest absolute Gasteiger partial charge is 0.307 e. The molecular formula is C7H10FN. The zero-order chi connectivity index (χ0) is 7.07. The Morgan fingerprint density at radius 3 is 2.67 bits per heavy atom. The number of nitrogens with one attached hydrogen (secondary N) is 1. The Kier molecular flexibility index (Phi) is 1.19. The molecule has 50 valence electrons. The zero-order valence-electron chi connectivity index (χ0n) is 5.45. The van der Waals surface area contributed by atoms with Crippen LogP contribution in [0.1, 0.15) is 13.3 Å². The van der Waals surface area contributed by atoms with E-state index in [4.69, 9.17) is 5.41 Å². The topological polar surface area (TPSA) is 23.9 Å². The van der Waals surface area contributed by atoms with Gasteiger partial charge in [0, 0.05) is 11.6 Å². The number of allylic oxidation sites excluding steroid dienone is 1. The molecule has 1 aliphatic rings. The maximum absolute atomic E-state index is 13.0. The summed E-state index contributed by atoms with van der Waals surface area (Å²) in [7, 11) is 0. The van der Waals surface area contributed by atoms with Crippen LogP contribution < -0.4 is 0 Å². The van der Waals surface area contributed by atoms with Crippen LogP contribution in [0.4, 0.5) is 4.39 Å². The second-order valence-corrected chi connectivity index (χ2v) is 2.53. The lowest BCUT2D eigenvalue weighted by atomic mass is 10.2. The van der Waals surface area contributed by atoms with Gasteiger partial charge in [-0.05, 0) is 13.3 Å².